The molecule has 4 rings (SSSR count). The van der Waals surface area contributed by atoms with Crippen molar-refractivity contribution in [1.29, 1.82) is 0 Å². The van der Waals surface area contributed by atoms with E-state index in [-0.39, 0.29) is 22.1 Å². The predicted molar refractivity (Wildman–Crippen MR) is 84.3 cm³/mol. The monoisotopic (exact) mass is 321 g/mol. The van der Waals surface area contributed by atoms with E-state index in [1.807, 2.05) is 16.7 Å². The highest BCUT2D eigenvalue weighted by atomic mass is 32.2. The Bertz CT molecular complexity index is 569. The van der Waals surface area contributed by atoms with Gasteiger partial charge in [-0.2, -0.15) is 0 Å². The molecular formula is C17H20FNO2S. The van der Waals surface area contributed by atoms with E-state index in [2.05, 4.69) is 0 Å². The fourth-order valence-electron chi connectivity index (χ4n) is 3.66. The fraction of sp³-hybridized carbons (Fsp3) is 0.588. The zero-order valence-corrected chi connectivity index (χ0v) is 13.3. The predicted octanol–water partition coefficient (Wildman–Crippen LogP) is 2.94. The molecule has 0 aromatic heterocycles. The molecule has 0 radical (unpaired) electrons. The molecule has 1 saturated carbocycles. The van der Waals surface area contributed by atoms with Crippen LogP contribution < -0.4 is 0 Å². The van der Waals surface area contributed by atoms with Crippen LogP contribution in [-0.4, -0.2) is 41.2 Å². The molecule has 2 heterocycles. The number of carbonyl (C=O) groups excluding carboxylic acids is 1. The van der Waals surface area contributed by atoms with Crippen LogP contribution in [0.1, 0.15) is 31.2 Å². The van der Waals surface area contributed by atoms with E-state index in [0.29, 0.717) is 0 Å². The van der Waals surface area contributed by atoms with Crippen LogP contribution >= 0.6 is 11.8 Å². The number of benzene rings is 1. The zero-order chi connectivity index (χ0) is 15.2. The maximum absolute atomic E-state index is 13.1. The van der Waals surface area contributed by atoms with Crippen LogP contribution in [0.5, 0.6) is 0 Å². The smallest absolute Gasteiger partial charge is 0.233 e. The highest BCUT2D eigenvalue weighted by molar-refractivity contribution is 8.00. The lowest BCUT2D eigenvalue weighted by atomic mass is 9.93. The number of carbonyl (C=O) groups is 1. The van der Waals surface area contributed by atoms with Gasteiger partial charge < -0.3 is 9.64 Å². The summed E-state index contributed by atoms with van der Waals surface area (Å²) in [7, 11) is 0. The van der Waals surface area contributed by atoms with Gasteiger partial charge in [-0.05, 0) is 30.5 Å². The molecule has 3 aliphatic rings. The molecule has 1 aliphatic carbocycles. The summed E-state index contributed by atoms with van der Waals surface area (Å²) in [6.45, 7) is 2.38. The summed E-state index contributed by atoms with van der Waals surface area (Å²) in [5.74, 6) is 1.03. The summed E-state index contributed by atoms with van der Waals surface area (Å²) >= 11 is 1.90. The number of piperidine rings is 1. The van der Waals surface area contributed by atoms with Crippen LogP contribution in [0.3, 0.4) is 0 Å². The largest absolute Gasteiger partial charge is 0.363 e. The highest BCUT2D eigenvalue weighted by Crippen LogP contribution is 2.50. The molecule has 2 saturated heterocycles. The Morgan fingerprint density at radius 2 is 1.82 bits per heavy atom. The van der Waals surface area contributed by atoms with Crippen molar-refractivity contribution in [2.24, 2.45) is 0 Å². The molecule has 0 unspecified atom stereocenters. The summed E-state index contributed by atoms with van der Waals surface area (Å²) < 4.78 is 19.0. The van der Waals surface area contributed by atoms with E-state index < -0.39 is 0 Å². The maximum atomic E-state index is 13.1. The molecule has 1 spiro atoms. The van der Waals surface area contributed by atoms with Crippen molar-refractivity contribution in [2.45, 2.75) is 36.0 Å². The summed E-state index contributed by atoms with van der Waals surface area (Å²) in [5, 5.41) is 0. The first-order chi connectivity index (χ1) is 10.6. The van der Waals surface area contributed by atoms with Crippen LogP contribution in [0.2, 0.25) is 0 Å². The summed E-state index contributed by atoms with van der Waals surface area (Å²) in [6, 6.07) is 6.44. The Labute approximate surface area is 134 Å². The Morgan fingerprint density at radius 3 is 2.36 bits per heavy atom. The van der Waals surface area contributed by atoms with Crippen LogP contribution in [-0.2, 0) is 14.9 Å². The molecular weight excluding hydrogens is 301 g/mol. The number of ether oxygens (including phenoxy) is 1. The molecule has 118 valence electrons. The minimum atomic E-state index is -0.387. The topological polar surface area (TPSA) is 29.5 Å². The first-order valence-electron chi connectivity index (χ1n) is 7.97. The standard InChI is InChI=1S/C17H20FNO2S/c18-14-3-1-13(2-4-14)16(5-6-16)15(20)19-9-7-17(8-10-19)21-11-12-22-17/h1-4H,5-12H2. The Morgan fingerprint density at radius 1 is 1.14 bits per heavy atom. The molecule has 22 heavy (non-hydrogen) atoms. The van der Waals surface area contributed by atoms with E-state index >= 15 is 0 Å². The van der Waals surface area contributed by atoms with Gasteiger partial charge in [0.25, 0.3) is 0 Å². The Kier molecular flexibility index (Phi) is 3.46. The molecule has 1 aromatic rings. The quantitative estimate of drug-likeness (QED) is 0.839. The molecule has 1 amide bonds. The van der Waals surface area contributed by atoms with Crippen LogP contribution in [0.25, 0.3) is 0 Å². The van der Waals surface area contributed by atoms with Crippen molar-refractivity contribution in [3.8, 4) is 0 Å². The van der Waals surface area contributed by atoms with Gasteiger partial charge in [0.15, 0.2) is 0 Å². The van der Waals surface area contributed by atoms with Crippen LogP contribution in [0, 0.1) is 5.82 Å². The second-order valence-corrected chi connectivity index (χ2v) is 7.93. The van der Waals surface area contributed by atoms with Crippen molar-refractivity contribution in [3.63, 3.8) is 0 Å². The zero-order valence-electron chi connectivity index (χ0n) is 12.5. The van der Waals surface area contributed by atoms with Gasteiger partial charge >= 0.3 is 0 Å². The molecule has 5 heteroatoms. The number of nitrogens with zero attached hydrogens (tertiary/aromatic N) is 1. The molecule has 0 N–H and O–H groups in total. The van der Waals surface area contributed by atoms with Gasteiger partial charge in [0.1, 0.15) is 10.8 Å². The third-order valence-corrected chi connectivity index (χ3v) is 6.61. The number of halogens is 1. The molecule has 1 aromatic carbocycles. The van der Waals surface area contributed by atoms with Crippen molar-refractivity contribution >= 4 is 17.7 Å². The van der Waals surface area contributed by atoms with E-state index in [1.54, 1.807) is 12.1 Å². The average Bonchev–Trinajstić information content (AvgIpc) is 3.24. The Balaban J connectivity index is 1.47. The van der Waals surface area contributed by atoms with Crippen LogP contribution in [0.4, 0.5) is 4.39 Å². The third kappa shape index (κ3) is 2.35. The maximum Gasteiger partial charge on any atom is 0.233 e. The highest BCUT2D eigenvalue weighted by Gasteiger charge is 2.54. The van der Waals surface area contributed by atoms with Crippen molar-refractivity contribution < 1.29 is 13.9 Å². The van der Waals surface area contributed by atoms with Gasteiger partial charge in [-0.1, -0.05) is 12.1 Å². The van der Waals surface area contributed by atoms with Gasteiger partial charge in [-0.15, -0.1) is 11.8 Å². The van der Waals surface area contributed by atoms with Gasteiger partial charge in [0.2, 0.25) is 5.91 Å². The average molecular weight is 321 g/mol. The van der Waals surface area contributed by atoms with E-state index in [1.165, 1.54) is 12.1 Å². The van der Waals surface area contributed by atoms with Gasteiger partial charge in [-0.3, -0.25) is 4.79 Å². The normalized spacial score (nSPS) is 25.4. The lowest BCUT2D eigenvalue weighted by Gasteiger charge is -2.39. The van der Waals surface area contributed by atoms with Crippen LogP contribution in [0.15, 0.2) is 24.3 Å². The van der Waals surface area contributed by atoms with Gasteiger partial charge in [-0.25, -0.2) is 4.39 Å². The SMILES string of the molecule is O=C(N1CCC2(CC1)OCCS2)C1(c2ccc(F)cc2)CC1. The van der Waals surface area contributed by atoms with Crippen molar-refractivity contribution in [3.05, 3.63) is 35.6 Å². The number of likely N-dealkylation sites (tertiary alicyclic amines) is 1. The molecule has 2 aliphatic heterocycles. The van der Waals surface area contributed by atoms with Gasteiger partial charge in [0.05, 0.1) is 12.0 Å². The number of rotatable bonds is 2. The lowest BCUT2D eigenvalue weighted by molar-refractivity contribution is -0.137. The summed E-state index contributed by atoms with van der Waals surface area (Å²) in [6.07, 6.45) is 3.60. The second-order valence-electron chi connectivity index (χ2n) is 6.49. The first-order valence-corrected chi connectivity index (χ1v) is 8.96. The Hall–Kier alpha value is -1.07. The van der Waals surface area contributed by atoms with Gasteiger partial charge in [0, 0.05) is 31.7 Å². The number of hydrogen-bond acceptors (Lipinski definition) is 3. The molecule has 0 atom stereocenters. The summed E-state index contributed by atoms with van der Waals surface area (Å²) in [4.78, 5) is 14.9. The van der Waals surface area contributed by atoms with E-state index in [0.717, 1.165) is 56.7 Å². The number of amides is 1. The lowest BCUT2D eigenvalue weighted by Crippen LogP contribution is -2.48. The minimum Gasteiger partial charge on any atom is -0.363 e. The molecule has 0 bridgehead atoms. The van der Waals surface area contributed by atoms with E-state index in [4.69, 9.17) is 4.74 Å². The van der Waals surface area contributed by atoms with Crippen molar-refractivity contribution in [1.82, 2.24) is 4.90 Å². The van der Waals surface area contributed by atoms with Crippen molar-refractivity contribution in [2.75, 3.05) is 25.4 Å². The fourth-order valence-corrected chi connectivity index (χ4v) is 4.84. The first kappa shape index (κ1) is 14.5. The summed E-state index contributed by atoms with van der Waals surface area (Å²) in [5.41, 5.74) is 0.577. The van der Waals surface area contributed by atoms with E-state index in [9.17, 15) is 9.18 Å². The second kappa shape index (κ2) is 5.24. The number of hydrogen-bond donors (Lipinski definition) is 0. The molecule has 3 nitrogen and oxygen atoms in total. The molecule has 3 fully saturated rings. The third-order valence-electron chi connectivity index (χ3n) is 5.18. The number of thioether (sulfide) groups is 1. The minimum absolute atomic E-state index is 0.0383.